The summed E-state index contributed by atoms with van der Waals surface area (Å²) in [5.41, 5.74) is 0.326. The van der Waals surface area contributed by atoms with Crippen molar-refractivity contribution in [2.75, 3.05) is 32.4 Å². The summed E-state index contributed by atoms with van der Waals surface area (Å²) in [5, 5.41) is 11.6. The van der Waals surface area contributed by atoms with Gasteiger partial charge >= 0.3 is 0 Å². The first kappa shape index (κ1) is 25.2. The average molecular weight is 450 g/mol. The van der Waals surface area contributed by atoms with E-state index in [1.54, 1.807) is 21.9 Å². The van der Waals surface area contributed by atoms with E-state index in [0.717, 1.165) is 31.6 Å². The minimum atomic E-state index is -0.411. The number of piperidine rings is 1. The predicted octanol–water partition coefficient (Wildman–Crippen LogP) is 4.84. The molecule has 0 N–H and O–H groups in total. The van der Waals surface area contributed by atoms with Crippen molar-refractivity contribution in [3.8, 4) is 0 Å². The lowest BCUT2D eigenvalue weighted by atomic mass is 9.94. The largest absolute Gasteiger partial charge is 0.346 e. The molecule has 1 aromatic carbocycles. The topological polar surface area (TPSA) is 83.8 Å². The maximum atomic E-state index is 12.9. The zero-order chi connectivity index (χ0) is 23.0. The zero-order valence-corrected chi connectivity index (χ0v) is 20.0. The molecule has 7 nitrogen and oxygen atoms in total. The van der Waals surface area contributed by atoms with Gasteiger partial charge in [-0.05, 0) is 49.5 Å². The number of thioether (sulfide) groups is 1. The normalized spacial score (nSPS) is 14.7. The van der Waals surface area contributed by atoms with Crippen LogP contribution in [0.25, 0.3) is 0 Å². The summed E-state index contributed by atoms with van der Waals surface area (Å²) < 4.78 is 0. The summed E-state index contributed by atoms with van der Waals surface area (Å²) in [4.78, 5) is 40.8. The molecule has 0 saturated carbocycles. The number of amides is 2. The van der Waals surface area contributed by atoms with Crippen LogP contribution in [0.4, 0.5) is 5.69 Å². The van der Waals surface area contributed by atoms with Gasteiger partial charge in [0.2, 0.25) is 5.91 Å². The van der Waals surface area contributed by atoms with Gasteiger partial charge in [-0.2, -0.15) is 0 Å². The Morgan fingerprint density at radius 1 is 1.29 bits per heavy atom. The molecule has 2 rings (SSSR count). The molecule has 0 unspecified atom stereocenters. The third-order valence-electron chi connectivity index (χ3n) is 5.71. The molecule has 1 heterocycles. The van der Waals surface area contributed by atoms with Crippen molar-refractivity contribution in [2.24, 2.45) is 11.8 Å². The third kappa shape index (κ3) is 7.23. The maximum absolute atomic E-state index is 12.9. The second-order valence-corrected chi connectivity index (χ2v) is 9.79. The number of hydrogen-bond donors (Lipinski definition) is 0. The molecule has 0 radical (unpaired) electrons. The van der Waals surface area contributed by atoms with Crippen LogP contribution < -0.4 is 0 Å². The molecule has 0 atom stereocenters. The SMILES string of the molecule is CCCCN(C)C(=O)C1CCN(C(=O)c2ccc(SCCC(C)C)c([N+](=O)[O-])c2)CC1. The highest BCUT2D eigenvalue weighted by Crippen LogP contribution is 2.32. The molecule has 2 amide bonds. The first-order valence-corrected chi connectivity index (χ1v) is 12.2. The minimum Gasteiger partial charge on any atom is -0.346 e. The van der Waals surface area contributed by atoms with Crippen LogP contribution in [0.5, 0.6) is 0 Å². The quantitative estimate of drug-likeness (QED) is 0.290. The van der Waals surface area contributed by atoms with Crippen molar-refractivity contribution >= 4 is 29.3 Å². The lowest BCUT2D eigenvalue weighted by Crippen LogP contribution is -2.43. The second-order valence-electron chi connectivity index (χ2n) is 8.65. The van der Waals surface area contributed by atoms with Gasteiger partial charge in [-0.3, -0.25) is 19.7 Å². The van der Waals surface area contributed by atoms with E-state index < -0.39 is 4.92 Å². The molecule has 1 aromatic rings. The van der Waals surface area contributed by atoms with Gasteiger partial charge in [0.15, 0.2) is 0 Å². The summed E-state index contributed by atoms with van der Waals surface area (Å²) in [7, 11) is 1.84. The molecule has 0 bridgehead atoms. The number of carbonyl (C=O) groups excluding carboxylic acids is 2. The minimum absolute atomic E-state index is 0.0118. The van der Waals surface area contributed by atoms with Crippen LogP contribution in [0.15, 0.2) is 23.1 Å². The van der Waals surface area contributed by atoms with Gasteiger partial charge in [0.05, 0.1) is 9.82 Å². The summed E-state index contributed by atoms with van der Waals surface area (Å²) in [6.07, 6.45) is 4.28. The molecule has 1 aliphatic rings. The molecule has 0 aromatic heterocycles. The van der Waals surface area contributed by atoms with E-state index in [1.165, 1.54) is 17.8 Å². The summed E-state index contributed by atoms with van der Waals surface area (Å²) in [6.45, 7) is 8.10. The first-order valence-electron chi connectivity index (χ1n) is 11.2. The standard InChI is InChI=1S/C23H35N3O4S/c1-5-6-12-24(4)22(27)18-9-13-25(14-10-18)23(28)19-7-8-21(20(16-19)26(29)30)31-15-11-17(2)3/h7-8,16-18H,5-6,9-15H2,1-4H3. The number of benzene rings is 1. The monoisotopic (exact) mass is 449 g/mol. The molecule has 172 valence electrons. The van der Waals surface area contributed by atoms with Gasteiger partial charge < -0.3 is 9.80 Å². The number of nitrogens with zero attached hydrogens (tertiary/aromatic N) is 3. The van der Waals surface area contributed by atoms with Crippen molar-refractivity contribution < 1.29 is 14.5 Å². The maximum Gasteiger partial charge on any atom is 0.283 e. The third-order valence-corrected chi connectivity index (χ3v) is 6.81. The van der Waals surface area contributed by atoms with Crippen molar-refractivity contribution in [3.05, 3.63) is 33.9 Å². The number of rotatable bonds is 10. The number of hydrogen-bond acceptors (Lipinski definition) is 5. The van der Waals surface area contributed by atoms with Gasteiger partial charge in [0.1, 0.15) is 0 Å². The highest BCUT2D eigenvalue weighted by atomic mass is 32.2. The molecule has 1 fully saturated rings. The molecular formula is C23H35N3O4S. The Morgan fingerprint density at radius 3 is 2.55 bits per heavy atom. The van der Waals surface area contributed by atoms with Crippen LogP contribution in [0.3, 0.4) is 0 Å². The Morgan fingerprint density at radius 2 is 1.97 bits per heavy atom. The molecular weight excluding hydrogens is 414 g/mol. The lowest BCUT2D eigenvalue weighted by Gasteiger charge is -2.33. The van der Waals surface area contributed by atoms with E-state index in [9.17, 15) is 19.7 Å². The molecule has 31 heavy (non-hydrogen) atoms. The zero-order valence-electron chi connectivity index (χ0n) is 19.1. The van der Waals surface area contributed by atoms with Gasteiger partial charge in [-0.1, -0.05) is 27.2 Å². The van der Waals surface area contributed by atoms with E-state index in [0.29, 0.717) is 42.3 Å². The second kappa shape index (κ2) is 12.1. The molecule has 0 spiro atoms. The van der Waals surface area contributed by atoms with Gasteiger partial charge in [-0.25, -0.2) is 0 Å². The van der Waals surface area contributed by atoms with E-state index in [-0.39, 0.29) is 23.4 Å². The van der Waals surface area contributed by atoms with Gasteiger partial charge in [0.25, 0.3) is 11.6 Å². The fourth-order valence-corrected chi connectivity index (χ4v) is 4.90. The molecule has 0 aliphatic carbocycles. The molecule has 8 heteroatoms. The average Bonchev–Trinajstić information content (AvgIpc) is 2.76. The van der Waals surface area contributed by atoms with Gasteiger partial charge in [0, 0.05) is 44.2 Å². The number of carbonyl (C=O) groups is 2. The fourth-order valence-electron chi connectivity index (χ4n) is 3.65. The number of unbranched alkanes of at least 4 members (excludes halogenated alkanes) is 1. The highest BCUT2D eigenvalue weighted by Gasteiger charge is 2.30. The van der Waals surface area contributed by atoms with Crippen molar-refractivity contribution in [2.45, 2.75) is 57.8 Å². The predicted molar refractivity (Wildman–Crippen MR) is 124 cm³/mol. The molecule has 1 aliphatic heterocycles. The number of nitro groups is 1. The highest BCUT2D eigenvalue weighted by molar-refractivity contribution is 7.99. The van der Waals surface area contributed by atoms with Crippen LogP contribution in [0, 0.1) is 22.0 Å². The Kier molecular flexibility index (Phi) is 9.81. The van der Waals surface area contributed by atoms with Crippen molar-refractivity contribution in [3.63, 3.8) is 0 Å². The van der Waals surface area contributed by atoms with Crippen LogP contribution in [0.2, 0.25) is 0 Å². The van der Waals surface area contributed by atoms with E-state index in [4.69, 9.17) is 0 Å². The Labute approximate surface area is 189 Å². The van der Waals surface area contributed by atoms with E-state index in [1.807, 2.05) is 7.05 Å². The summed E-state index contributed by atoms with van der Waals surface area (Å²) >= 11 is 1.46. The van der Waals surface area contributed by atoms with Crippen LogP contribution in [-0.4, -0.2) is 59.0 Å². The summed E-state index contributed by atoms with van der Waals surface area (Å²) in [6, 6.07) is 4.77. The fraction of sp³-hybridized carbons (Fsp3) is 0.652. The van der Waals surface area contributed by atoms with Crippen LogP contribution >= 0.6 is 11.8 Å². The number of likely N-dealkylation sites (tertiary alicyclic amines) is 1. The Bertz CT molecular complexity index is 776. The number of nitro benzene ring substituents is 1. The van der Waals surface area contributed by atoms with Crippen LogP contribution in [-0.2, 0) is 4.79 Å². The van der Waals surface area contributed by atoms with Crippen molar-refractivity contribution in [1.29, 1.82) is 0 Å². The summed E-state index contributed by atoms with van der Waals surface area (Å²) in [5.74, 6) is 1.24. The first-order chi connectivity index (χ1) is 14.7. The van der Waals surface area contributed by atoms with E-state index >= 15 is 0 Å². The van der Waals surface area contributed by atoms with Gasteiger partial charge in [-0.15, -0.1) is 11.8 Å². The Balaban J connectivity index is 1.99. The van der Waals surface area contributed by atoms with Crippen LogP contribution in [0.1, 0.15) is 63.2 Å². The smallest absolute Gasteiger partial charge is 0.283 e. The lowest BCUT2D eigenvalue weighted by molar-refractivity contribution is -0.387. The molecule has 1 saturated heterocycles. The Hall–Kier alpha value is -2.09. The van der Waals surface area contributed by atoms with E-state index in [2.05, 4.69) is 20.8 Å². The van der Waals surface area contributed by atoms with Crippen molar-refractivity contribution in [1.82, 2.24) is 9.80 Å².